The van der Waals surface area contributed by atoms with Gasteiger partial charge in [0.25, 0.3) is 5.91 Å². The lowest BCUT2D eigenvalue weighted by molar-refractivity contribution is 0.0749. The van der Waals surface area contributed by atoms with Crippen molar-refractivity contribution in [1.82, 2.24) is 4.90 Å². The van der Waals surface area contributed by atoms with Gasteiger partial charge in [-0.3, -0.25) is 4.79 Å². The summed E-state index contributed by atoms with van der Waals surface area (Å²) in [6, 6.07) is 11.8. The van der Waals surface area contributed by atoms with Crippen LogP contribution in [0.5, 0.6) is 11.5 Å². The third kappa shape index (κ3) is 3.55. The summed E-state index contributed by atoms with van der Waals surface area (Å²) in [4.78, 5) is 14.7. The van der Waals surface area contributed by atoms with Crippen LogP contribution in [-0.2, 0) is 16.8 Å². The fourth-order valence-electron chi connectivity index (χ4n) is 3.34. The molecule has 0 saturated heterocycles. The van der Waals surface area contributed by atoms with E-state index < -0.39 is 16.3 Å². The number of amides is 1. The highest BCUT2D eigenvalue weighted by Crippen LogP contribution is 2.36. The molecule has 1 heterocycles. The van der Waals surface area contributed by atoms with Crippen molar-refractivity contribution in [3.8, 4) is 11.5 Å². The fraction of sp³-hybridized carbons (Fsp3) is 0.300. The molecule has 0 fully saturated rings. The van der Waals surface area contributed by atoms with Crippen LogP contribution >= 0.6 is 0 Å². The smallest absolute Gasteiger partial charge is 0.255 e. The zero-order valence-corrected chi connectivity index (χ0v) is 16.2. The number of fused-ring (bicyclic) bond motifs is 1. The van der Waals surface area contributed by atoms with Gasteiger partial charge in [0.2, 0.25) is 10.3 Å². The van der Waals surface area contributed by atoms with Crippen LogP contribution in [0.25, 0.3) is 0 Å². The summed E-state index contributed by atoms with van der Waals surface area (Å²) in [5.74, 6) is 0.876. The molecule has 1 unspecified atom stereocenters. The minimum Gasteiger partial charge on any atom is -0.493 e. The van der Waals surface area contributed by atoms with Crippen molar-refractivity contribution < 1.29 is 22.7 Å². The number of carbonyl (C=O) groups is 1. The monoisotopic (exact) mass is 387 g/mol. The molecule has 0 radical (unpaired) electrons. The lowest BCUT2D eigenvalue weighted by Crippen LogP contribution is -2.34. The summed E-state index contributed by atoms with van der Waals surface area (Å²) in [6.45, 7) is 4.17. The van der Waals surface area contributed by atoms with E-state index in [-0.39, 0.29) is 10.8 Å². The molecule has 0 spiro atoms. The Kier molecular flexibility index (Phi) is 5.51. The quantitative estimate of drug-likeness (QED) is 0.713. The Morgan fingerprint density at radius 2 is 1.93 bits per heavy atom. The first-order valence-corrected chi connectivity index (χ1v) is 9.67. The van der Waals surface area contributed by atoms with Gasteiger partial charge in [-0.05, 0) is 43.2 Å². The average Bonchev–Trinajstić information content (AvgIpc) is 2.99. The molecule has 6 nitrogen and oxygen atoms in total. The maximum Gasteiger partial charge on any atom is 0.255 e. The number of benzene rings is 2. The predicted molar refractivity (Wildman–Crippen MR) is 103 cm³/mol. The van der Waals surface area contributed by atoms with E-state index in [0.717, 1.165) is 5.56 Å². The van der Waals surface area contributed by atoms with Gasteiger partial charge >= 0.3 is 0 Å². The van der Waals surface area contributed by atoms with Crippen LogP contribution in [0.3, 0.4) is 0 Å². The number of hydrogen-bond acceptors (Lipinski definition) is 5. The van der Waals surface area contributed by atoms with E-state index in [9.17, 15) is 13.2 Å². The van der Waals surface area contributed by atoms with E-state index in [2.05, 4.69) is 0 Å². The predicted octanol–water partition coefficient (Wildman–Crippen LogP) is 2.86. The van der Waals surface area contributed by atoms with Gasteiger partial charge < -0.3 is 14.4 Å². The van der Waals surface area contributed by atoms with Crippen molar-refractivity contribution in [3.63, 3.8) is 0 Å². The number of methoxy groups -OCH3 is 1. The highest BCUT2D eigenvalue weighted by molar-refractivity contribution is 7.73. The maximum atomic E-state index is 12.9. The molecule has 2 aromatic carbocycles. The summed E-state index contributed by atoms with van der Waals surface area (Å²) in [6.07, 6.45) is 0. The Morgan fingerprint density at radius 1 is 1.19 bits per heavy atom. The number of nitrogens with zero attached hydrogens (tertiary/aromatic N) is 1. The molecule has 1 atom stereocenters. The number of carbonyl (C=O) groups excluding carboxylic acids is 1. The van der Waals surface area contributed by atoms with Gasteiger partial charge in [0.15, 0.2) is 11.5 Å². The lowest BCUT2D eigenvalue weighted by Gasteiger charge is -2.28. The molecular formula is C20H21NO5S. The Balaban J connectivity index is 2.11. The largest absolute Gasteiger partial charge is 0.493 e. The van der Waals surface area contributed by atoms with Gasteiger partial charge in [-0.2, -0.15) is 8.42 Å². The normalized spacial score (nSPS) is 13.9. The van der Waals surface area contributed by atoms with Crippen molar-refractivity contribution >= 4 is 21.1 Å². The fourth-order valence-corrected chi connectivity index (χ4v) is 3.79. The summed E-state index contributed by atoms with van der Waals surface area (Å²) < 4.78 is 34.4. The number of rotatable bonds is 6. The van der Waals surface area contributed by atoms with Crippen LogP contribution in [0, 0.1) is 0 Å². The zero-order chi connectivity index (χ0) is 19.6. The molecule has 1 amide bonds. The molecule has 0 aliphatic carbocycles. The van der Waals surface area contributed by atoms with Crippen LogP contribution in [0.1, 0.15) is 41.4 Å². The average molecular weight is 387 g/mol. The van der Waals surface area contributed by atoms with Crippen LogP contribution < -0.4 is 9.47 Å². The van der Waals surface area contributed by atoms with Crippen molar-refractivity contribution in [2.75, 3.05) is 13.7 Å². The first kappa shape index (κ1) is 19.0. The van der Waals surface area contributed by atoms with Gasteiger partial charge in [0.1, 0.15) is 0 Å². The Hall–Kier alpha value is -2.80. The number of hydrogen-bond donors (Lipinski definition) is 0. The number of ether oxygens (including phenoxy) is 2. The van der Waals surface area contributed by atoms with Gasteiger partial charge in [0, 0.05) is 12.1 Å². The molecule has 1 aliphatic rings. The molecule has 0 aromatic heterocycles. The van der Waals surface area contributed by atoms with Gasteiger partial charge in [0.05, 0.1) is 24.6 Å². The highest BCUT2D eigenvalue weighted by Gasteiger charge is 2.35. The van der Waals surface area contributed by atoms with E-state index in [0.29, 0.717) is 35.8 Å². The van der Waals surface area contributed by atoms with E-state index >= 15 is 0 Å². The topological polar surface area (TPSA) is 72.9 Å². The molecule has 0 saturated carbocycles. The second-order valence-electron chi connectivity index (χ2n) is 6.18. The van der Waals surface area contributed by atoms with E-state index in [1.807, 2.05) is 19.1 Å². The maximum absolute atomic E-state index is 12.9. The zero-order valence-electron chi connectivity index (χ0n) is 15.4. The summed E-state index contributed by atoms with van der Waals surface area (Å²) in [7, 11) is -0.893. The summed E-state index contributed by atoms with van der Waals surface area (Å²) >= 11 is 0. The van der Waals surface area contributed by atoms with E-state index in [4.69, 9.17) is 9.47 Å². The minimum absolute atomic E-state index is 0.170. The standard InChI is InChI=1S/C20H21NO5S/c1-4-26-18-11-14(9-10-17(18)25-3)19(13(2)27(23)24)21-12-15-7-5-6-8-16(15)20(21)22/h5-11,19H,4,12H2,1-3H3. The van der Waals surface area contributed by atoms with Gasteiger partial charge in [-0.25, -0.2) is 0 Å². The molecule has 3 rings (SSSR count). The third-order valence-electron chi connectivity index (χ3n) is 4.61. The van der Waals surface area contributed by atoms with Gasteiger partial charge in [-0.15, -0.1) is 0 Å². The van der Waals surface area contributed by atoms with E-state index in [1.54, 1.807) is 42.3 Å². The Labute approximate surface area is 159 Å². The highest BCUT2D eigenvalue weighted by atomic mass is 32.2. The molecule has 0 N–H and O–H groups in total. The first-order valence-electron chi connectivity index (χ1n) is 8.60. The van der Waals surface area contributed by atoms with Crippen LogP contribution in [0.4, 0.5) is 0 Å². The molecule has 142 valence electrons. The third-order valence-corrected chi connectivity index (χ3v) is 5.36. The van der Waals surface area contributed by atoms with Crippen LogP contribution in [-0.4, -0.2) is 37.8 Å². The van der Waals surface area contributed by atoms with Crippen LogP contribution in [0.2, 0.25) is 0 Å². The second-order valence-corrected chi connectivity index (χ2v) is 7.29. The minimum atomic E-state index is -2.43. The van der Waals surface area contributed by atoms with Crippen molar-refractivity contribution in [3.05, 3.63) is 59.2 Å². The van der Waals surface area contributed by atoms with Gasteiger partial charge in [-0.1, -0.05) is 24.3 Å². The van der Waals surface area contributed by atoms with Crippen LogP contribution in [0.15, 0.2) is 42.5 Å². The second kappa shape index (κ2) is 7.84. The lowest BCUT2D eigenvalue weighted by atomic mass is 10.0. The first-order chi connectivity index (χ1) is 13.0. The molecule has 2 aromatic rings. The van der Waals surface area contributed by atoms with Crippen molar-refractivity contribution in [2.45, 2.75) is 26.4 Å². The molecule has 27 heavy (non-hydrogen) atoms. The summed E-state index contributed by atoms with van der Waals surface area (Å²) in [5.41, 5.74) is 2.14. The van der Waals surface area contributed by atoms with E-state index in [1.165, 1.54) is 6.92 Å². The molecular weight excluding hydrogens is 366 g/mol. The van der Waals surface area contributed by atoms with Crippen molar-refractivity contribution in [2.24, 2.45) is 0 Å². The Morgan fingerprint density at radius 3 is 2.56 bits per heavy atom. The molecule has 7 heteroatoms. The molecule has 1 aliphatic heterocycles. The molecule has 0 bridgehead atoms. The van der Waals surface area contributed by atoms with Crippen molar-refractivity contribution in [1.29, 1.82) is 0 Å². The summed E-state index contributed by atoms with van der Waals surface area (Å²) in [5, 5.41) is 0. The Bertz CT molecular complexity index is 1000. The SMILES string of the molecule is CCOc1cc(C(C(C)=S(=O)=O)N2Cc3ccccc3C2=O)ccc1OC.